The van der Waals surface area contributed by atoms with Crippen molar-refractivity contribution in [3.8, 4) is 5.69 Å². The Labute approximate surface area is 124 Å². The number of carbonyl (C=O) groups is 1. The number of hydrogen-bond donors (Lipinski definition) is 1. The molecule has 1 N–H and O–H groups in total. The van der Waals surface area contributed by atoms with Crippen LogP contribution in [0.3, 0.4) is 0 Å². The summed E-state index contributed by atoms with van der Waals surface area (Å²) in [6.07, 6.45) is 5.47. The molecule has 6 heteroatoms. The summed E-state index contributed by atoms with van der Waals surface area (Å²) in [5, 5.41) is 7.84. The van der Waals surface area contributed by atoms with Crippen LogP contribution >= 0.6 is 22.7 Å². The van der Waals surface area contributed by atoms with Gasteiger partial charge in [0.2, 0.25) is 0 Å². The van der Waals surface area contributed by atoms with E-state index in [0.29, 0.717) is 4.88 Å². The molecule has 0 saturated carbocycles. The average Bonchev–Trinajstić information content (AvgIpc) is 3.19. The number of carbonyl (C=O) groups excluding carboxylic acids is 1. The van der Waals surface area contributed by atoms with E-state index in [1.165, 1.54) is 11.3 Å². The lowest BCUT2D eigenvalue weighted by Crippen LogP contribution is -2.17. The monoisotopic (exact) mass is 301 g/mol. The highest BCUT2D eigenvalue weighted by Crippen LogP contribution is 2.21. The molecule has 3 aromatic rings. The van der Waals surface area contributed by atoms with Gasteiger partial charge in [0.15, 0.2) is 0 Å². The summed E-state index contributed by atoms with van der Waals surface area (Å²) < 4.78 is 1.91. The van der Waals surface area contributed by atoms with E-state index in [1.54, 1.807) is 17.6 Å². The van der Waals surface area contributed by atoms with E-state index in [2.05, 4.69) is 10.5 Å². The first-order valence-electron chi connectivity index (χ1n) is 5.92. The number of nitrogens with zero attached hydrogens (tertiary/aromatic N) is 2. The van der Waals surface area contributed by atoms with Gasteiger partial charge in [0.05, 0.1) is 11.9 Å². The standard InChI is InChI=1S/C14H11N3OS2/c18-14(16-15-10-11-4-3-8-19-11)13-12(5-9-20-13)17-6-1-2-7-17/h1-10H,(H,16,18)/b15-10-. The summed E-state index contributed by atoms with van der Waals surface area (Å²) in [5.41, 5.74) is 3.42. The third-order valence-corrected chi connectivity index (χ3v) is 4.34. The SMILES string of the molecule is O=C(N/N=C\c1cccs1)c1sccc1-n1cccc1. The van der Waals surface area contributed by atoms with Crippen LogP contribution in [0.1, 0.15) is 14.5 Å². The molecule has 0 aromatic carbocycles. The van der Waals surface area contributed by atoms with Crippen LogP contribution in [0.15, 0.2) is 58.6 Å². The second-order valence-corrected chi connectivity index (χ2v) is 5.84. The Morgan fingerprint density at radius 2 is 2.00 bits per heavy atom. The molecule has 0 saturated heterocycles. The van der Waals surface area contributed by atoms with Gasteiger partial charge in [-0.3, -0.25) is 4.79 Å². The normalized spacial score (nSPS) is 11.0. The van der Waals surface area contributed by atoms with Gasteiger partial charge in [-0.1, -0.05) is 6.07 Å². The van der Waals surface area contributed by atoms with Crippen molar-refractivity contribution in [3.05, 3.63) is 63.2 Å². The predicted octanol–water partition coefficient (Wildman–Crippen LogP) is 3.36. The van der Waals surface area contributed by atoms with Crippen molar-refractivity contribution in [2.75, 3.05) is 0 Å². The molecular weight excluding hydrogens is 290 g/mol. The molecule has 0 spiro atoms. The second-order valence-electron chi connectivity index (χ2n) is 3.94. The number of thiophene rings is 2. The quantitative estimate of drug-likeness (QED) is 0.583. The van der Waals surface area contributed by atoms with Crippen molar-refractivity contribution >= 4 is 34.8 Å². The molecule has 0 unspecified atom stereocenters. The van der Waals surface area contributed by atoms with E-state index < -0.39 is 0 Å². The number of rotatable bonds is 4. The van der Waals surface area contributed by atoms with Gasteiger partial charge >= 0.3 is 0 Å². The lowest BCUT2D eigenvalue weighted by atomic mass is 10.3. The predicted molar refractivity (Wildman–Crippen MR) is 83.0 cm³/mol. The fourth-order valence-corrected chi connectivity index (χ4v) is 3.11. The maximum Gasteiger partial charge on any atom is 0.283 e. The van der Waals surface area contributed by atoms with Gasteiger partial charge in [0.1, 0.15) is 4.88 Å². The highest BCUT2D eigenvalue weighted by Gasteiger charge is 2.13. The highest BCUT2D eigenvalue weighted by atomic mass is 32.1. The summed E-state index contributed by atoms with van der Waals surface area (Å²) in [6.45, 7) is 0. The Kier molecular flexibility index (Phi) is 3.76. The number of hydrogen-bond acceptors (Lipinski definition) is 4. The average molecular weight is 301 g/mol. The summed E-state index contributed by atoms with van der Waals surface area (Å²) in [6, 6.07) is 9.65. The van der Waals surface area contributed by atoms with Gasteiger partial charge in [0.25, 0.3) is 5.91 Å². The highest BCUT2D eigenvalue weighted by molar-refractivity contribution is 7.12. The minimum absolute atomic E-state index is 0.198. The van der Waals surface area contributed by atoms with Crippen molar-refractivity contribution in [2.24, 2.45) is 5.10 Å². The summed E-state index contributed by atoms with van der Waals surface area (Å²) in [5.74, 6) is -0.198. The van der Waals surface area contributed by atoms with E-state index in [9.17, 15) is 4.79 Å². The molecule has 1 amide bonds. The van der Waals surface area contributed by atoms with E-state index in [4.69, 9.17) is 0 Å². The van der Waals surface area contributed by atoms with Crippen LogP contribution in [-0.2, 0) is 0 Å². The lowest BCUT2D eigenvalue weighted by molar-refractivity contribution is 0.0959. The molecule has 0 fully saturated rings. The topological polar surface area (TPSA) is 46.4 Å². The van der Waals surface area contributed by atoms with E-state index in [-0.39, 0.29) is 5.91 Å². The molecule has 4 nitrogen and oxygen atoms in total. The van der Waals surface area contributed by atoms with E-state index in [0.717, 1.165) is 10.6 Å². The molecule has 3 heterocycles. The van der Waals surface area contributed by atoms with Gasteiger partial charge in [-0.2, -0.15) is 5.10 Å². The molecule has 0 radical (unpaired) electrons. The molecule has 3 aromatic heterocycles. The molecule has 20 heavy (non-hydrogen) atoms. The third-order valence-electron chi connectivity index (χ3n) is 2.63. The first-order chi connectivity index (χ1) is 9.84. The Morgan fingerprint density at radius 1 is 1.15 bits per heavy atom. The Balaban J connectivity index is 1.74. The minimum Gasteiger partial charge on any atom is -0.322 e. The molecule has 0 bridgehead atoms. The zero-order chi connectivity index (χ0) is 13.8. The van der Waals surface area contributed by atoms with Gasteiger partial charge in [0, 0.05) is 17.3 Å². The maximum atomic E-state index is 12.1. The minimum atomic E-state index is -0.198. The van der Waals surface area contributed by atoms with Crippen LogP contribution < -0.4 is 5.43 Å². The fourth-order valence-electron chi connectivity index (χ4n) is 1.74. The Bertz CT molecular complexity index is 712. The van der Waals surface area contributed by atoms with Gasteiger partial charge in [-0.15, -0.1) is 22.7 Å². The van der Waals surface area contributed by atoms with Gasteiger partial charge in [-0.05, 0) is 35.0 Å². The smallest absolute Gasteiger partial charge is 0.283 e. The molecule has 0 aliphatic rings. The first-order valence-corrected chi connectivity index (χ1v) is 7.68. The third kappa shape index (κ3) is 2.71. The van der Waals surface area contributed by atoms with Crippen molar-refractivity contribution < 1.29 is 4.79 Å². The second kappa shape index (κ2) is 5.85. The van der Waals surface area contributed by atoms with Crippen LogP contribution in [0.5, 0.6) is 0 Å². The van der Waals surface area contributed by atoms with Crippen LogP contribution in [0, 0.1) is 0 Å². The van der Waals surface area contributed by atoms with Crippen molar-refractivity contribution in [1.29, 1.82) is 0 Å². The van der Waals surface area contributed by atoms with Crippen LogP contribution in [0.25, 0.3) is 5.69 Å². The molecule has 0 aliphatic carbocycles. The number of nitrogens with one attached hydrogen (secondary N) is 1. The summed E-state index contributed by atoms with van der Waals surface area (Å²) in [4.78, 5) is 13.8. The Morgan fingerprint density at radius 3 is 2.75 bits per heavy atom. The number of amides is 1. The van der Waals surface area contributed by atoms with Gasteiger partial charge < -0.3 is 4.57 Å². The van der Waals surface area contributed by atoms with Crippen LogP contribution in [0.2, 0.25) is 0 Å². The fraction of sp³-hybridized carbons (Fsp3) is 0. The Hall–Kier alpha value is -2.18. The molecular formula is C14H11N3OS2. The first kappa shape index (κ1) is 12.8. The number of hydrazone groups is 1. The largest absolute Gasteiger partial charge is 0.322 e. The van der Waals surface area contributed by atoms with E-state index in [1.807, 2.05) is 58.1 Å². The summed E-state index contributed by atoms with van der Waals surface area (Å²) in [7, 11) is 0. The molecule has 0 atom stereocenters. The van der Waals surface area contributed by atoms with Crippen molar-refractivity contribution in [1.82, 2.24) is 9.99 Å². The van der Waals surface area contributed by atoms with E-state index >= 15 is 0 Å². The zero-order valence-electron chi connectivity index (χ0n) is 10.4. The maximum absolute atomic E-state index is 12.1. The van der Waals surface area contributed by atoms with Crippen molar-refractivity contribution in [2.45, 2.75) is 0 Å². The lowest BCUT2D eigenvalue weighted by Gasteiger charge is -2.03. The molecule has 0 aliphatic heterocycles. The van der Waals surface area contributed by atoms with Crippen LogP contribution in [-0.4, -0.2) is 16.7 Å². The summed E-state index contributed by atoms with van der Waals surface area (Å²) >= 11 is 2.97. The number of aromatic nitrogens is 1. The van der Waals surface area contributed by atoms with Crippen molar-refractivity contribution in [3.63, 3.8) is 0 Å². The molecule has 3 rings (SSSR count). The molecule has 100 valence electrons. The van der Waals surface area contributed by atoms with Gasteiger partial charge in [-0.25, -0.2) is 5.43 Å². The van der Waals surface area contributed by atoms with Crippen LogP contribution in [0.4, 0.5) is 0 Å². The zero-order valence-corrected chi connectivity index (χ0v) is 12.0.